The zero-order valence-corrected chi connectivity index (χ0v) is 15.3. The second kappa shape index (κ2) is 6.95. The highest BCUT2D eigenvalue weighted by atomic mass is 32.2. The number of fused-ring (bicyclic) bond motifs is 1. The van der Waals surface area contributed by atoms with Crippen LogP contribution < -0.4 is 14.4 Å². The van der Waals surface area contributed by atoms with E-state index in [-0.39, 0.29) is 16.6 Å². The fourth-order valence-corrected chi connectivity index (χ4v) is 4.05. The number of ether oxygens (including phenoxy) is 1. The van der Waals surface area contributed by atoms with Crippen LogP contribution in [0.3, 0.4) is 0 Å². The number of aryl methyl sites for hydroxylation is 1. The molecule has 3 rings (SSSR count). The molecular weight excluding hydrogens is 359 g/mol. The maximum Gasteiger partial charge on any atom is 0.262 e. The second-order valence-electron chi connectivity index (χ2n) is 6.02. The maximum absolute atomic E-state index is 13.8. The Bertz CT molecular complexity index is 960. The first kappa shape index (κ1) is 18.2. The first-order valence-corrected chi connectivity index (χ1v) is 9.57. The highest BCUT2D eigenvalue weighted by molar-refractivity contribution is 7.92. The smallest absolute Gasteiger partial charge is 0.262 e. The van der Waals surface area contributed by atoms with E-state index in [1.54, 1.807) is 23.1 Å². The van der Waals surface area contributed by atoms with Crippen LogP contribution in [0.4, 0.5) is 15.8 Å². The van der Waals surface area contributed by atoms with Crippen LogP contribution in [0.15, 0.2) is 41.3 Å². The predicted octanol–water partition coefficient (Wildman–Crippen LogP) is 2.93. The number of sulfonamides is 1. The average molecular weight is 378 g/mol. The molecule has 0 bridgehead atoms. The molecule has 1 aliphatic rings. The summed E-state index contributed by atoms with van der Waals surface area (Å²) in [4.78, 5) is 13.2. The van der Waals surface area contributed by atoms with Crippen molar-refractivity contribution in [3.05, 3.63) is 47.8 Å². The molecule has 1 N–H and O–H groups in total. The molecule has 26 heavy (non-hydrogen) atoms. The Morgan fingerprint density at radius 1 is 1.23 bits per heavy atom. The Balaban J connectivity index is 1.92. The van der Waals surface area contributed by atoms with Gasteiger partial charge in [0.05, 0.1) is 17.7 Å². The molecule has 1 heterocycles. The molecule has 0 aromatic heterocycles. The van der Waals surface area contributed by atoms with Crippen LogP contribution >= 0.6 is 0 Å². The van der Waals surface area contributed by atoms with Crippen molar-refractivity contribution in [1.82, 2.24) is 0 Å². The van der Waals surface area contributed by atoms with Crippen LogP contribution in [-0.4, -0.2) is 28.0 Å². The van der Waals surface area contributed by atoms with Gasteiger partial charge in [-0.3, -0.25) is 9.52 Å². The summed E-state index contributed by atoms with van der Waals surface area (Å²) < 4.78 is 46.1. The minimum absolute atomic E-state index is 0.0326. The summed E-state index contributed by atoms with van der Waals surface area (Å²) in [6, 6.07) is 8.50. The number of carbonyl (C=O) groups excluding carboxylic acids is 1. The quantitative estimate of drug-likeness (QED) is 0.888. The van der Waals surface area contributed by atoms with Crippen LogP contribution in [-0.2, 0) is 21.2 Å². The molecule has 1 aliphatic heterocycles. The zero-order valence-electron chi connectivity index (χ0n) is 14.5. The van der Waals surface area contributed by atoms with Gasteiger partial charge in [-0.25, -0.2) is 12.8 Å². The molecule has 6 nitrogen and oxygen atoms in total. The van der Waals surface area contributed by atoms with E-state index >= 15 is 0 Å². The summed E-state index contributed by atoms with van der Waals surface area (Å²) in [6.45, 7) is 2.08. The molecule has 0 spiro atoms. The number of amides is 1. The molecular formula is C18H19FN2O4S. The lowest BCUT2D eigenvalue weighted by Gasteiger charge is -2.29. The van der Waals surface area contributed by atoms with E-state index in [9.17, 15) is 17.6 Å². The van der Waals surface area contributed by atoms with Crippen LogP contribution in [0, 0.1) is 5.82 Å². The molecule has 0 aliphatic carbocycles. The first-order valence-electron chi connectivity index (χ1n) is 8.09. The van der Waals surface area contributed by atoms with E-state index in [0.29, 0.717) is 17.9 Å². The number of hydrogen-bond acceptors (Lipinski definition) is 4. The van der Waals surface area contributed by atoms with Gasteiger partial charge in [-0.15, -0.1) is 0 Å². The van der Waals surface area contributed by atoms with Gasteiger partial charge in [0.15, 0.2) is 11.6 Å². The van der Waals surface area contributed by atoms with Crippen molar-refractivity contribution in [1.29, 1.82) is 0 Å². The number of hydrogen-bond donors (Lipinski definition) is 1. The van der Waals surface area contributed by atoms with Gasteiger partial charge in [0.25, 0.3) is 10.0 Å². The number of rotatable bonds is 4. The van der Waals surface area contributed by atoms with Crippen molar-refractivity contribution in [2.24, 2.45) is 0 Å². The standard InChI is InChI=1S/C18H19FN2O4S/c1-12(22)21-9-3-4-13-5-6-14(10-17(13)21)20-26(23,24)15-7-8-18(25-2)16(19)11-15/h5-8,10-11,20H,3-4,9H2,1-2H3. The second-order valence-corrected chi connectivity index (χ2v) is 7.70. The highest BCUT2D eigenvalue weighted by Gasteiger charge is 2.22. The molecule has 8 heteroatoms. The van der Waals surface area contributed by atoms with Crippen LogP contribution in [0.1, 0.15) is 18.9 Å². The molecule has 2 aromatic rings. The molecule has 138 valence electrons. The molecule has 0 saturated carbocycles. The zero-order chi connectivity index (χ0) is 18.9. The molecule has 0 fully saturated rings. The Morgan fingerprint density at radius 3 is 2.65 bits per heavy atom. The largest absolute Gasteiger partial charge is 0.494 e. The first-order chi connectivity index (χ1) is 12.3. The summed E-state index contributed by atoms with van der Waals surface area (Å²) in [7, 11) is -2.67. The number of halogens is 1. The predicted molar refractivity (Wildman–Crippen MR) is 96.6 cm³/mol. The van der Waals surface area contributed by atoms with Gasteiger partial charge >= 0.3 is 0 Å². The third-order valence-corrected chi connectivity index (χ3v) is 5.65. The summed E-state index contributed by atoms with van der Waals surface area (Å²) in [5, 5.41) is 0. The van der Waals surface area contributed by atoms with Gasteiger partial charge in [-0.1, -0.05) is 6.07 Å². The molecule has 0 saturated heterocycles. The topological polar surface area (TPSA) is 75.7 Å². The van der Waals surface area contributed by atoms with E-state index in [4.69, 9.17) is 4.74 Å². The number of nitrogens with one attached hydrogen (secondary N) is 1. The van der Waals surface area contributed by atoms with E-state index < -0.39 is 15.8 Å². The highest BCUT2D eigenvalue weighted by Crippen LogP contribution is 2.31. The van der Waals surface area contributed by atoms with Crippen molar-refractivity contribution < 1.29 is 22.3 Å². The number of carbonyl (C=O) groups is 1. The Kier molecular flexibility index (Phi) is 4.86. The number of methoxy groups -OCH3 is 1. The average Bonchev–Trinajstić information content (AvgIpc) is 2.60. The summed E-state index contributed by atoms with van der Waals surface area (Å²) in [5.74, 6) is -0.887. The minimum Gasteiger partial charge on any atom is -0.494 e. The summed E-state index contributed by atoms with van der Waals surface area (Å²) >= 11 is 0. The Labute approximate surface area is 151 Å². The lowest BCUT2D eigenvalue weighted by atomic mass is 10.0. The lowest BCUT2D eigenvalue weighted by molar-refractivity contribution is -0.116. The van der Waals surface area contributed by atoms with E-state index in [1.165, 1.54) is 26.2 Å². The van der Waals surface area contributed by atoms with Crippen molar-refractivity contribution >= 4 is 27.3 Å². The van der Waals surface area contributed by atoms with E-state index in [0.717, 1.165) is 24.5 Å². The van der Waals surface area contributed by atoms with Gasteiger partial charge in [0.2, 0.25) is 5.91 Å². The van der Waals surface area contributed by atoms with Crippen molar-refractivity contribution in [2.45, 2.75) is 24.7 Å². The molecule has 0 unspecified atom stereocenters. The van der Waals surface area contributed by atoms with Gasteiger partial charge in [-0.05, 0) is 48.7 Å². The fourth-order valence-electron chi connectivity index (χ4n) is 2.99. The van der Waals surface area contributed by atoms with Crippen molar-refractivity contribution in [3.8, 4) is 5.75 Å². The lowest BCUT2D eigenvalue weighted by Crippen LogP contribution is -2.33. The van der Waals surface area contributed by atoms with Crippen molar-refractivity contribution in [2.75, 3.05) is 23.3 Å². The summed E-state index contributed by atoms with van der Waals surface area (Å²) in [5.41, 5.74) is 2.00. The third kappa shape index (κ3) is 3.50. The van der Waals surface area contributed by atoms with E-state index in [2.05, 4.69) is 4.72 Å². The molecule has 0 radical (unpaired) electrons. The molecule has 0 atom stereocenters. The van der Waals surface area contributed by atoms with Gasteiger partial charge in [-0.2, -0.15) is 0 Å². The number of benzene rings is 2. The van der Waals surface area contributed by atoms with E-state index in [1.807, 2.05) is 0 Å². The van der Waals surface area contributed by atoms with Gasteiger partial charge in [0, 0.05) is 19.2 Å². The molecule has 2 aromatic carbocycles. The SMILES string of the molecule is COc1ccc(S(=O)(=O)Nc2ccc3c(c2)N(C(C)=O)CCC3)cc1F. The van der Waals surface area contributed by atoms with Gasteiger partial charge in [0.1, 0.15) is 0 Å². The van der Waals surface area contributed by atoms with Crippen LogP contribution in [0.2, 0.25) is 0 Å². The minimum atomic E-state index is -3.97. The molecule has 1 amide bonds. The van der Waals surface area contributed by atoms with Crippen LogP contribution in [0.5, 0.6) is 5.75 Å². The summed E-state index contributed by atoms with van der Waals surface area (Å²) in [6.07, 6.45) is 1.69. The fraction of sp³-hybridized carbons (Fsp3) is 0.278. The normalized spacial score (nSPS) is 13.9. The number of anilines is 2. The van der Waals surface area contributed by atoms with Crippen molar-refractivity contribution in [3.63, 3.8) is 0 Å². The van der Waals surface area contributed by atoms with Crippen LogP contribution in [0.25, 0.3) is 0 Å². The Hall–Kier alpha value is -2.61. The third-order valence-electron chi connectivity index (χ3n) is 4.27. The monoisotopic (exact) mass is 378 g/mol. The van der Waals surface area contributed by atoms with Gasteiger partial charge < -0.3 is 9.64 Å². The maximum atomic E-state index is 13.8. The number of nitrogens with zero attached hydrogens (tertiary/aromatic N) is 1. The Morgan fingerprint density at radius 2 is 2.00 bits per heavy atom.